The molecule has 0 fully saturated rings. The molecular formula is C19H15N3OS. The molecule has 1 N–H and O–H groups in total. The number of benzene rings is 2. The van der Waals surface area contributed by atoms with Gasteiger partial charge in [0.05, 0.1) is 17.1 Å². The van der Waals surface area contributed by atoms with Gasteiger partial charge in [0.2, 0.25) is 0 Å². The van der Waals surface area contributed by atoms with Crippen LogP contribution >= 0.6 is 11.8 Å². The minimum atomic E-state index is 0.715. The number of aromatic nitrogens is 3. The van der Waals surface area contributed by atoms with Crippen molar-refractivity contribution in [3.05, 3.63) is 78.7 Å². The minimum Gasteiger partial charge on any atom is -0.364 e. The van der Waals surface area contributed by atoms with Gasteiger partial charge in [0.25, 0.3) is 0 Å². The van der Waals surface area contributed by atoms with Crippen LogP contribution in [0, 0.1) is 0 Å². The summed E-state index contributed by atoms with van der Waals surface area (Å²) in [5.41, 5.74) is 5.12. The summed E-state index contributed by atoms with van der Waals surface area (Å²) >= 11 is 1.61. The Hall–Kier alpha value is -2.79. The highest BCUT2D eigenvalue weighted by molar-refractivity contribution is 7.98. The molecule has 4 rings (SSSR count). The smallest absolute Gasteiger partial charge is 0.166 e. The molecule has 24 heavy (non-hydrogen) atoms. The molecule has 0 aliphatic carbocycles. The SMILES string of the molecule is c1ccc(-c2nc(SCc3ccon3)[nH]c2-c2ccccc2)cc1. The molecule has 118 valence electrons. The van der Waals surface area contributed by atoms with E-state index in [9.17, 15) is 0 Å². The van der Waals surface area contributed by atoms with Crippen molar-refractivity contribution in [1.82, 2.24) is 15.1 Å². The molecule has 0 amide bonds. The van der Waals surface area contributed by atoms with Gasteiger partial charge < -0.3 is 9.51 Å². The minimum absolute atomic E-state index is 0.715. The van der Waals surface area contributed by atoms with Crippen LogP contribution in [0.25, 0.3) is 22.5 Å². The molecule has 0 bridgehead atoms. The van der Waals surface area contributed by atoms with Gasteiger partial charge in [0, 0.05) is 22.9 Å². The first-order valence-electron chi connectivity index (χ1n) is 7.63. The summed E-state index contributed by atoms with van der Waals surface area (Å²) in [5.74, 6) is 0.715. The fourth-order valence-corrected chi connectivity index (χ4v) is 3.26. The van der Waals surface area contributed by atoms with E-state index in [1.54, 1.807) is 18.0 Å². The highest BCUT2D eigenvalue weighted by atomic mass is 32.2. The molecule has 5 heteroatoms. The number of rotatable bonds is 5. The van der Waals surface area contributed by atoms with Crippen molar-refractivity contribution in [3.8, 4) is 22.5 Å². The zero-order valence-electron chi connectivity index (χ0n) is 12.8. The summed E-state index contributed by atoms with van der Waals surface area (Å²) < 4.78 is 4.88. The summed E-state index contributed by atoms with van der Waals surface area (Å²) in [4.78, 5) is 8.26. The first-order valence-corrected chi connectivity index (χ1v) is 8.61. The Labute approximate surface area is 143 Å². The van der Waals surface area contributed by atoms with Crippen LogP contribution in [0.2, 0.25) is 0 Å². The van der Waals surface area contributed by atoms with E-state index in [4.69, 9.17) is 9.51 Å². The molecule has 0 saturated heterocycles. The van der Waals surface area contributed by atoms with Gasteiger partial charge in [-0.25, -0.2) is 4.98 Å². The zero-order valence-corrected chi connectivity index (χ0v) is 13.7. The zero-order chi connectivity index (χ0) is 16.2. The second-order valence-electron chi connectivity index (χ2n) is 5.28. The van der Waals surface area contributed by atoms with Crippen LogP contribution in [-0.4, -0.2) is 15.1 Å². The van der Waals surface area contributed by atoms with E-state index in [1.165, 1.54) is 0 Å². The van der Waals surface area contributed by atoms with Gasteiger partial charge in [0.15, 0.2) is 5.16 Å². The van der Waals surface area contributed by atoms with Crippen molar-refractivity contribution in [1.29, 1.82) is 0 Å². The lowest BCUT2D eigenvalue weighted by Crippen LogP contribution is -1.82. The number of imidazole rings is 1. The Morgan fingerprint density at radius 2 is 1.58 bits per heavy atom. The van der Waals surface area contributed by atoms with Crippen molar-refractivity contribution < 1.29 is 4.52 Å². The number of nitrogens with one attached hydrogen (secondary N) is 1. The van der Waals surface area contributed by atoms with Crippen molar-refractivity contribution in [2.45, 2.75) is 10.9 Å². The predicted octanol–water partition coefficient (Wildman–Crippen LogP) is 5.02. The largest absolute Gasteiger partial charge is 0.364 e. The van der Waals surface area contributed by atoms with Gasteiger partial charge in [-0.2, -0.15) is 0 Å². The molecule has 2 aromatic carbocycles. The summed E-state index contributed by atoms with van der Waals surface area (Å²) in [6, 6.07) is 22.4. The number of aromatic amines is 1. The number of H-pyrrole nitrogens is 1. The molecular weight excluding hydrogens is 318 g/mol. The van der Waals surface area contributed by atoms with E-state index in [0.29, 0.717) is 5.75 Å². The van der Waals surface area contributed by atoms with Gasteiger partial charge in [-0.1, -0.05) is 77.6 Å². The number of nitrogens with zero attached hydrogens (tertiary/aromatic N) is 2. The Balaban J connectivity index is 1.71. The first kappa shape index (κ1) is 14.8. The van der Waals surface area contributed by atoms with Crippen LogP contribution in [0.3, 0.4) is 0 Å². The normalized spacial score (nSPS) is 10.8. The van der Waals surface area contributed by atoms with Gasteiger partial charge in [-0.15, -0.1) is 0 Å². The van der Waals surface area contributed by atoms with E-state index in [0.717, 1.165) is 33.4 Å². The standard InChI is InChI=1S/C19H15N3OS/c1-3-7-14(8-4-1)17-18(15-9-5-2-6-10-15)21-19(20-17)24-13-16-11-12-23-22-16/h1-12H,13H2,(H,20,21). The second-order valence-corrected chi connectivity index (χ2v) is 6.24. The molecule has 0 atom stereocenters. The van der Waals surface area contributed by atoms with Gasteiger partial charge in [-0.05, 0) is 0 Å². The average molecular weight is 333 g/mol. The summed E-state index contributed by atoms with van der Waals surface area (Å²) in [6.45, 7) is 0. The maximum atomic E-state index is 4.88. The van der Waals surface area contributed by atoms with Crippen molar-refractivity contribution in [3.63, 3.8) is 0 Å². The van der Waals surface area contributed by atoms with Crippen molar-refractivity contribution in [2.75, 3.05) is 0 Å². The highest BCUT2D eigenvalue weighted by Crippen LogP contribution is 2.33. The molecule has 0 spiro atoms. The number of hydrogen-bond acceptors (Lipinski definition) is 4. The molecule has 0 radical (unpaired) electrons. The van der Waals surface area contributed by atoms with Crippen LogP contribution in [0.1, 0.15) is 5.69 Å². The van der Waals surface area contributed by atoms with Crippen LogP contribution in [-0.2, 0) is 5.75 Å². The highest BCUT2D eigenvalue weighted by Gasteiger charge is 2.14. The molecule has 2 aromatic heterocycles. The topological polar surface area (TPSA) is 54.7 Å². The fourth-order valence-electron chi connectivity index (χ4n) is 2.49. The van der Waals surface area contributed by atoms with Crippen molar-refractivity contribution >= 4 is 11.8 Å². The molecule has 4 aromatic rings. The van der Waals surface area contributed by atoms with Crippen molar-refractivity contribution in [2.24, 2.45) is 0 Å². The third kappa shape index (κ3) is 3.12. The summed E-state index contributed by atoms with van der Waals surface area (Å²) in [5, 5.41) is 4.81. The average Bonchev–Trinajstić information content (AvgIpc) is 3.31. The molecule has 0 saturated carbocycles. The maximum absolute atomic E-state index is 4.88. The lowest BCUT2D eigenvalue weighted by Gasteiger charge is -2.02. The number of hydrogen-bond donors (Lipinski definition) is 1. The summed E-state index contributed by atoms with van der Waals surface area (Å²) in [7, 11) is 0. The van der Waals surface area contributed by atoms with Gasteiger partial charge >= 0.3 is 0 Å². The summed E-state index contributed by atoms with van der Waals surface area (Å²) in [6.07, 6.45) is 1.59. The molecule has 0 unspecified atom stereocenters. The van der Waals surface area contributed by atoms with Crippen LogP contribution in [0.4, 0.5) is 0 Å². The maximum Gasteiger partial charge on any atom is 0.166 e. The van der Waals surface area contributed by atoms with E-state index in [1.807, 2.05) is 42.5 Å². The van der Waals surface area contributed by atoms with E-state index in [2.05, 4.69) is 34.4 Å². The van der Waals surface area contributed by atoms with E-state index in [-0.39, 0.29) is 0 Å². The third-order valence-corrected chi connectivity index (χ3v) is 4.55. The van der Waals surface area contributed by atoms with Crippen LogP contribution < -0.4 is 0 Å². The second kappa shape index (κ2) is 6.76. The molecule has 0 aliphatic heterocycles. The Morgan fingerprint density at radius 3 is 2.25 bits per heavy atom. The van der Waals surface area contributed by atoms with Gasteiger partial charge in [0.1, 0.15) is 6.26 Å². The molecule has 4 nitrogen and oxygen atoms in total. The molecule has 2 heterocycles. The Bertz CT molecular complexity index is 845. The Kier molecular flexibility index (Phi) is 4.16. The fraction of sp³-hybridized carbons (Fsp3) is 0.0526. The lowest BCUT2D eigenvalue weighted by molar-refractivity contribution is 0.414. The quantitative estimate of drug-likeness (QED) is 0.521. The first-order chi connectivity index (χ1) is 11.9. The van der Waals surface area contributed by atoms with E-state index < -0.39 is 0 Å². The van der Waals surface area contributed by atoms with Crippen LogP contribution in [0.5, 0.6) is 0 Å². The monoisotopic (exact) mass is 333 g/mol. The molecule has 0 aliphatic rings. The van der Waals surface area contributed by atoms with E-state index >= 15 is 0 Å². The lowest BCUT2D eigenvalue weighted by atomic mass is 10.1. The van der Waals surface area contributed by atoms with Crippen LogP contribution in [0.15, 0.2) is 82.7 Å². The predicted molar refractivity (Wildman–Crippen MR) is 95.5 cm³/mol. The Morgan fingerprint density at radius 1 is 0.875 bits per heavy atom. The number of thioether (sulfide) groups is 1. The van der Waals surface area contributed by atoms with Gasteiger partial charge in [-0.3, -0.25) is 0 Å². The third-order valence-electron chi connectivity index (χ3n) is 3.64.